The van der Waals surface area contributed by atoms with Crippen LogP contribution in [0.4, 0.5) is 5.69 Å². The lowest BCUT2D eigenvalue weighted by atomic mass is 10.2. The summed E-state index contributed by atoms with van der Waals surface area (Å²) in [5, 5.41) is 2.69. The summed E-state index contributed by atoms with van der Waals surface area (Å²) >= 11 is 1.49. The van der Waals surface area contributed by atoms with Crippen molar-refractivity contribution in [2.75, 3.05) is 23.8 Å². The maximum Gasteiger partial charge on any atom is 0.308 e. The van der Waals surface area contributed by atoms with Crippen molar-refractivity contribution in [3.63, 3.8) is 0 Å². The number of hydrogen-bond acceptors (Lipinski definition) is 6. The number of thioether (sulfide) groups is 1. The van der Waals surface area contributed by atoms with Gasteiger partial charge in [0.15, 0.2) is 6.61 Å². The van der Waals surface area contributed by atoms with Gasteiger partial charge in [-0.05, 0) is 31.2 Å². The quantitative estimate of drug-likeness (QED) is 0.733. The number of ether oxygens (including phenoxy) is 1. The summed E-state index contributed by atoms with van der Waals surface area (Å²) in [5.74, 6) is -0.0206. The summed E-state index contributed by atoms with van der Waals surface area (Å²) in [7, 11) is 0. The highest BCUT2D eigenvalue weighted by Crippen LogP contribution is 2.34. The van der Waals surface area contributed by atoms with Crippen molar-refractivity contribution in [2.24, 2.45) is 0 Å². The Morgan fingerprint density at radius 3 is 2.89 bits per heavy atom. The van der Waals surface area contributed by atoms with Crippen molar-refractivity contribution in [3.8, 4) is 0 Å². The topological polar surface area (TPSA) is 88.9 Å². The zero-order valence-corrected chi connectivity index (χ0v) is 15.7. The third-order valence-electron chi connectivity index (χ3n) is 4.06. The lowest BCUT2D eigenvalue weighted by Crippen LogP contribution is -2.37. The van der Waals surface area contributed by atoms with Gasteiger partial charge in [-0.25, -0.2) is 0 Å². The van der Waals surface area contributed by atoms with Crippen LogP contribution in [0.1, 0.15) is 25.1 Å². The summed E-state index contributed by atoms with van der Waals surface area (Å²) in [6.45, 7) is 1.62. The third-order valence-corrected chi connectivity index (χ3v) is 5.11. The van der Waals surface area contributed by atoms with Gasteiger partial charge in [0.2, 0.25) is 5.91 Å². The van der Waals surface area contributed by atoms with Crippen LogP contribution in [-0.2, 0) is 19.1 Å². The van der Waals surface area contributed by atoms with E-state index in [1.54, 1.807) is 24.0 Å². The number of anilines is 1. The van der Waals surface area contributed by atoms with Crippen molar-refractivity contribution in [3.05, 3.63) is 48.4 Å². The van der Waals surface area contributed by atoms with E-state index >= 15 is 0 Å². The first-order chi connectivity index (χ1) is 13.0. The van der Waals surface area contributed by atoms with Crippen LogP contribution in [0.3, 0.4) is 0 Å². The zero-order valence-electron chi connectivity index (χ0n) is 14.8. The molecule has 0 saturated heterocycles. The average Bonchev–Trinajstić information content (AvgIpc) is 3.20. The molecule has 0 bridgehead atoms. The molecule has 1 aromatic carbocycles. The fourth-order valence-corrected chi connectivity index (χ4v) is 3.65. The molecule has 27 heavy (non-hydrogen) atoms. The minimum atomic E-state index is -0.528. The maximum absolute atomic E-state index is 12.1. The molecule has 0 unspecified atom stereocenters. The Morgan fingerprint density at radius 2 is 2.11 bits per heavy atom. The molecule has 7 nitrogen and oxygen atoms in total. The molecule has 0 saturated carbocycles. The van der Waals surface area contributed by atoms with Crippen molar-refractivity contribution >= 4 is 35.2 Å². The smallest absolute Gasteiger partial charge is 0.308 e. The Morgan fingerprint density at radius 1 is 1.30 bits per heavy atom. The van der Waals surface area contributed by atoms with Gasteiger partial charge < -0.3 is 19.4 Å². The Labute approximate surface area is 161 Å². The maximum atomic E-state index is 12.1. The molecule has 142 valence electrons. The highest BCUT2D eigenvalue weighted by molar-refractivity contribution is 8.00. The van der Waals surface area contributed by atoms with Crippen LogP contribution in [0.2, 0.25) is 0 Å². The lowest BCUT2D eigenvalue weighted by molar-refractivity contribution is -0.148. The number of benzene rings is 1. The van der Waals surface area contributed by atoms with E-state index in [4.69, 9.17) is 9.15 Å². The molecule has 0 fully saturated rings. The van der Waals surface area contributed by atoms with Crippen molar-refractivity contribution in [1.29, 1.82) is 0 Å². The Kier molecular flexibility index (Phi) is 6.18. The van der Waals surface area contributed by atoms with Crippen LogP contribution < -0.4 is 10.2 Å². The number of esters is 1. The van der Waals surface area contributed by atoms with Crippen LogP contribution in [0.15, 0.2) is 52.0 Å². The summed E-state index contributed by atoms with van der Waals surface area (Å²) in [6, 6.07) is 10.7. The number of nitrogens with zero attached hydrogens (tertiary/aromatic N) is 1. The second kappa shape index (κ2) is 8.77. The average molecular weight is 388 g/mol. The molecule has 1 aliphatic rings. The number of hydrogen-bond donors (Lipinski definition) is 1. The number of furan rings is 1. The number of carbonyl (C=O) groups excluding carboxylic acids is 3. The molecule has 0 spiro atoms. The second-order valence-corrected chi connectivity index (χ2v) is 7.03. The molecule has 1 N–H and O–H groups in total. The summed E-state index contributed by atoms with van der Waals surface area (Å²) < 4.78 is 10.2. The minimum absolute atomic E-state index is 0.0196. The van der Waals surface area contributed by atoms with Crippen molar-refractivity contribution in [1.82, 2.24) is 5.32 Å². The van der Waals surface area contributed by atoms with Crippen LogP contribution in [0, 0.1) is 0 Å². The monoisotopic (exact) mass is 388 g/mol. The van der Waals surface area contributed by atoms with Crippen molar-refractivity contribution in [2.45, 2.75) is 24.3 Å². The van der Waals surface area contributed by atoms with Crippen LogP contribution in [0.25, 0.3) is 0 Å². The van der Waals surface area contributed by atoms with Gasteiger partial charge in [0.05, 0.1) is 30.2 Å². The van der Waals surface area contributed by atoms with Gasteiger partial charge in [-0.15, -0.1) is 11.8 Å². The number of fused-ring (bicyclic) bond motifs is 1. The van der Waals surface area contributed by atoms with E-state index in [1.807, 2.05) is 24.3 Å². The molecule has 2 amide bonds. The molecule has 1 atom stereocenters. The van der Waals surface area contributed by atoms with E-state index in [0.29, 0.717) is 11.5 Å². The first kappa shape index (κ1) is 19.0. The SMILES string of the molecule is C[C@H](NC(=O)COC(=O)CCN1C(=O)CSc2ccccc21)c1ccco1. The highest BCUT2D eigenvalue weighted by Gasteiger charge is 2.25. The lowest BCUT2D eigenvalue weighted by Gasteiger charge is -2.28. The Hall–Kier alpha value is -2.74. The van der Waals surface area contributed by atoms with Gasteiger partial charge in [-0.2, -0.15) is 0 Å². The molecule has 1 aliphatic heterocycles. The molecular formula is C19H20N2O5S. The molecule has 0 radical (unpaired) electrons. The summed E-state index contributed by atoms with van der Waals surface area (Å²) in [5.41, 5.74) is 0.802. The number of amides is 2. The van der Waals surface area contributed by atoms with E-state index in [-0.39, 0.29) is 31.5 Å². The fraction of sp³-hybridized carbons (Fsp3) is 0.316. The fourth-order valence-electron chi connectivity index (χ4n) is 2.71. The molecule has 8 heteroatoms. The zero-order chi connectivity index (χ0) is 19.2. The second-order valence-electron chi connectivity index (χ2n) is 6.02. The van der Waals surface area contributed by atoms with E-state index in [9.17, 15) is 14.4 Å². The summed E-state index contributed by atoms with van der Waals surface area (Å²) in [6.07, 6.45) is 1.54. The molecule has 2 heterocycles. The standard InChI is InChI=1S/C19H20N2O5S/c1-13(15-6-4-10-25-15)20-17(22)11-26-19(24)8-9-21-14-5-2-3-7-16(14)27-12-18(21)23/h2-7,10,13H,8-9,11-12H2,1H3,(H,20,22)/t13-/m0/s1. The van der Waals surface area contributed by atoms with Gasteiger partial charge in [0.1, 0.15) is 5.76 Å². The highest BCUT2D eigenvalue weighted by atomic mass is 32.2. The van der Waals surface area contributed by atoms with Gasteiger partial charge in [-0.3, -0.25) is 14.4 Å². The van der Waals surface area contributed by atoms with E-state index in [1.165, 1.54) is 18.0 Å². The largest absolute Gasteiger partial charge is 0.467 e. The molecular weight excluding hydrogens is 368 g/mol. The molecule has 3 rings (SSSR count). The third kappa shape index (κ3) is 4.91. The first-order valence-corrected chi connectivity index (χ1v) is 9.53. The molecule has 2 aromatic rings. The van der Waals surface area contributed by atoms with Crippen LogP contribution >= 0.6 is 11.8 Å². The Bertz CT molecular complexity index is 821. The van der Waals surface area contributed by atoms with Gasteiger partial charge >= 0.3 is 5.97 Å². The molecule has 1 aromatic heterocycles. The van der Waals surface area contributed by atoms with E-state index < -0.39 is 11.9 Å². The van der Waals surface area contributed by atoms with E-state index in [0.717, 1.165) is 10.6 Å². The summed E-state index contributed by atoms with van der Waals surface area (Å²) in [4.78, 5) is 38.6. The van der Waals surface area contributed by atoms with Crippen LogP contribution in [-0.4, -0.2) is 36.7 Å². The normalized spacial score (nSPS) is 14.4. The predicted octanol–water partition coefficient (Wildman–Crippen LogP) is 2.53. The minimum Gasteiger partial charge on any atom is -0.467 e. The number of para-hydroxylation sites is 1. The predicted molar refractivity (Wildman–Crippen MR) is 100 cm³/mol. The number of carbonyl (C=O) groups is 3. The number of nitrogens with one attached hydrogen (secondary N) is 1. The van der Waals surface area contributed by atoms with Gasteiger partial charge in [0.25, 0.3) is 5.91 Å². The van der Waals surface area contributed by atoms with Crippen molar-refractivity contribution < 1.29 is 23.5 Å². The van der Waals surface area contributed by atoms with Gasteiger partial charge in [0, 0.05) is 11.4 Å². The van der Waals surface area contributed by atoms with E-state index in [2.05, 4.69) is 5.32 Å². The Balaban J connectivity index is 1.45. The van der Waals surface area contributed by atoms with Crippen LogP contribution in [0.5, 0.6) is 0 Å². The molecule has 0 aliphatic carbocycles. The van der Waals surface area contributed by atoms with Gasteiger partial charge in [-0.1, -0.05) is 12.1 Å². The first-order valence-electron chi connectivity index (χ1n) is 8.55. The number of rotatable bonds is 7.